The van der Waals surface area contributed by atoms with E-state index < -0.39 is 28.3 Å². The molecule has 1 aliphatic rings. The molecular weight excluding hydrogens is 308 g/mol. The van der Waals surface area contributed by atoms with Crippen LogP contribution in [-0.4, -0.2) is 40.5 Å². The van der Waals surface area contributed by atoms with Crippen LogP contribution in [0.1, 0.15) is 30.9 Å². The van der Waals surface area contributed by atoms with E-state index in [-0.39, 0.29) is 17.9 Å². The number of hydrogen-bond acceptors (Lipinski definition) is 7. The SMILES string of the molecule is O=[N+]([O-])c1ccc(C(O)C(COC2CCCCO2)[N+](=O)[O-])cc1. The number of ether oxygens (including phenoxy) is 2. The fourth-order valence-electron chi connectivity index (χ4n) is 2.33. The van der Waals surface area contributed by atoms with Gasteiger partial charge in [-0.1, -0.05) is 0 Å². The molecule has 3 unspecified atom stereocenters. The fourth-order valence-corrected chi connectivity index (χ4v) is 2.33. The Hall–Kier alpha value is -2.10. The maximum absolute atomic E-state index is 11.2. The summed E-state index contributed by atoms with van der Waals surface area (Å²) >= 11 is 0. The average Bonchev–Trinajstić information content (AvgIpc) is 2.55. The first-order valence-electron chi connectivity index (χ1n) is 7.28. The van der Waals surface area contributed by atoms with Gasteiger partial charge in [0.05, 0.1) is 4.92 Å². The maximum Gasteiger partial charge on any atom is 0.269 e. The van der Waals surface area contributed by atoms with E-state index in [0.717, 1.165) is 12.8 Å². The van der Waals surface area contributed by atoms with Crippen LogP contribution in [0.2, 0.25) is 0 Å². The predicted octanol–water partition coefficient (Wildman–Crippen LogP) is 1.82. The minimum atomic E-state index is -1.42. The average molecular weight is 326 g/mol. The summed E-state index contributed by atoms with van der Waals surface area (Å²) in [4.78, 5) is 20.6. The lowest BCUT2D eigenvalue weighted by Crippen LogP contribution is -2.35. The first-order chi connectivity index (χ1) is 11.0. The number of benzene rings is 1. The molecule has 126 valence electrons. The van der Waals surface area contributed by atoms with E-state index in [4.69, 9.17) is 9.47 Å². The van der Waals surface area contributed by atoms with E-state index in [1.165, 1.54) is 24.3 Å². The van der Waals surface area contributed by atoms with Crippen LogP contribution in [0.3, 0.4) is 0 Å². The van der Waals surface area contributed by atoms with Crippen molar-refractivity contribution < 1.29 is 24.4 Å². The van der Waals surface area contributed by atoms with Gasteiger partial charge in [-0.2, -0.15) is 0 Å². The van der Waals surface area contributed by atoms with Gasteiger partial charge in [0.1, 0.15) is 12.7 Å². The number of non-ortho nitro benzene ring substituents is 1. The third kappa shape index (κ3) is 4.68. The highest BCUT2D eigenvalue weighted by molar-refractivity contribution is 5.34. The zero-order chi connectivity index (χ0) is 16.8. The number of rotatable bonds is 7. The molecule has 1 saturated heterocycles. The Kier molecular flexibility index (Phi) is 5.97. The molecule has 9 heteroatoms. The van der Waals surface area contributed by atoms with Gasteiger partial charge in [0.15, 0.2) is 6.29 Å². The third-order valence-electron chi connectivity index (χ3n) is 3.67. The van der Waals surface area contributed by atoms with Crippen molar-refractivity contribution in [2.24, 2.45) is 0 Å². The quantitative estimate of drug-likeness (QED) is 0.598. The monoisotopic (exact) mass is 326 g/mol. The second kappa shape index (κ2) is 7.95. The van der Waals surface area contributed by atoms with Gasteiger partial charge in [0.2, 0.25) is 0 Å². The highest BCUT2D eigenvalue weighted by atomic mass is 16.7. The number of aliphatic hydroxyl groups excluding tert-OH is 1. The Bertz CT molecular complexity index is 543. The number of nitrogens with zero attached hydrogens (tertiary/aromatic N) is 2. The number of nitro groups is 2. The second-order valence-corrected chi connectivity index (χ2v) is 5.28. The molecule has 0 bridgehead atoms. The van der Waals surface area contributed by atoms with Gasteiger partial charge >= 0.3 is 0 Å². The molecule has 9 nitrogen and oxygen atoms in total. The third-order valence-corrected chi connectivity index (χ3v) is 3.67. The molecule has 1 N–H and O–H groups in total. The largest absolute Gasteiger partial charge is 0.381 e. The molecule has 3 atom stereocenters. The van der Waals surface area contributed by atoms with Crippen LogP contribution in [-0.2, 0) is 9.47 Å². The zero-order valence-electron chi connectivity index (χ0n) is 12.4. The lowest BCUT2D eigenvalue weighted by Gasteiger charge is -2.24. The van der Waals surface area contributed by atoms with Crippen LogP contribution in [0.4, 0.5) is 5.69 Å². The van der Waals surface area contributed by atoms with E-state index in [1.807, 2.05) is 0 Å². The van der Waals surface area contributed by atoms with Crippen LogP contribution in [0.5, 0.6) is 0 Å². The Balaban J connectivity index is 2.00. The van der Waals surface area contributed by atoms with Gasteiger partial charge < -0.3 is 14.6 Å². The van der Waals surface area contributed by atoms with Crippen molar-refractivity contribution in [2.45, 2.75) is 37.7 Å². The van der Waals surface area contributed by atoms with Crippen molar-refractivity contribution in [1.29, 1.82) is 0 Å². The van der Waals surface area contributed by atoms with Crippen molar-refractivity contribution in [3.8, 4) is 0 Å². The number of nitro benzene ring substituents is 1. The van der Waals surface area contributed by atoms with Crippen LogP contribution in [0.25, 0.3) is 0 Å². The molecule has 2 rings (SSSR count). The molecular formula is C14H18N2O7. The summed E-state index contributed by atoms with van der Waals surface area (Å²) in [7, 11) is 0. The highest BCUT2D eigenvalue weighted by Crippen LogP contribution is 2.23. The number of aliphatic hydroxyl groups is 1. The molecule has 1 aliphatic heterocycles. The first kappa shape index (κ1) is 17.3. The molecule has 0 amide bonds. The van der Waals surface area contributed by atoms with Crippen molar-refractivity contribution >= 4 is 5.69 Å². The number of hydrogen-bond donors (Lipinski definition) is 1. The molecule has 0 saturated carbocycles. The second-order valence-electron chi connectivity index (χ2n) is 5.28. The van der Waals surface area contributed by atoms with Crippen LogP contribution in [0.15, 0.2) is 24.3 Å². The summed E-state index contributed by atoms with van der Waals surface area (Å²) in [6.07, 6.45) is 0.616. The summed E-state index contributed by atoms with van der Waals surface area (Å²) in [5.41, 5.74) is 0.0796. The summed E-state index contributed by atoms with van der Waals surface area (Å²) < 4.78 is 10.7. The van der Waals surface area contributed by atoms with E-state index in [9.17, 15) is 25.3 Å². The molecule has 23 heavy (non-hydrogen) atoms. The summed E-state index contributed by atoms with van der Waals surface area (Å²) in [5.74, 6) is 0. The fraction of sp³-hybridized carbons (Fsp3) is 0.571. The van der Waals surface area contributed by atoms with Crippen LogP contribution in [0, 0.1) is 20.2 Å². The van der Waals surface area contributed by atoms with Crippen LogP contribution >= 0.6 is 0 Å². The summed E-state index contributed by atoms with van der Waals surface area (Å²) in [6.45, 7) is 0.258. The van der Waals surface area contributed by atoms with Crippen molar-refractivity contribution in [3.05, 3.63) is 50.1 Å². The predicted molar refractivity (Wildman–Crippen MR) is 78.4 cm³/mol. The Labute approximate surface area is 132 Å². The standard InChI is InChI=1S/C14H18N2O7/c17-14(10-4-6-11(7-5-10)15(18)19)12(16(20)21)9-23-13-3-1-2-8-22-13/h4-7,12-14,17H,1-3,8-9H2. The normalized spacial score (nSPS) is 20.7. The summed E-state index contributed by atoms with van der Waals surface area (Å²) in [6, 6.07) is 3.62. The Morgan fingerprint density at radius 2 is 1.96 bits per heavy atom. The zero-order valence-corrected chi connectivity index (χ0v) is 12.4. The molecule has 1 aromatic rings. The Morgan fingerprint density at radius 1 is 1.26 bits per heavy atom. The molecule has 1 heterocycles. The smallest absolute Gasteiger partial charge is 0.269 e. The van der Waals surface area contributed by atoms with Crippen molar-refractivity contribution in [2.75, 3.05) is 13.2 Å². The molecule has 0 radical (unpaired) electrons. The minimum absolute atomic E-state index is 0.148. The topological polar surface area (TPSA) is 125 Å². The maximum atomic E-state index is 11.2. The lowest BCUT2D eigenvalue weighted by atomic mass is 10.0. The summed E-state index contributed by atoms with van der Waals surface area (Å²) in [5, 5.41) is 32.0. The first-order valence-corrected chi connectivity index (χ1v) is 7.28. The van der Waals surface area contributed by atoms with Gasteiger partial charge in [0, 0.05) is 23.7 Å². The van der Waals surface area contributed by atoms with Crippen LogP contribution < -0.4 is 0 Å². The van der Waals surface area contributed by atoms with Gasteiger partial charge in [-0.3, -0.25) is 20.2 Å². The van der Waals surface area contributed by atoms with Gasteiger partial charge in [-0.15, -0.1) is 0 Å². The molecule has 0 spiro atoms. The highest BCUT2D eigenvalue weighted by Gasteiger charge is 2.33. The Morgan fingerprint density at radius 3 is 2.48 bits per heavy atom. The van der Waals surface area contributed by atoms with Crippen molar-refractivity contribution in [3.63, 3.8) is 0 Å². The minimum Gasteiger partial charge on any atom is -0.381 e. The molecule has 0 aromatic heterocycles. The van der Waals surface area contributed by atoms with E-state index >= 15 is 0 Å². The molecule has 0 aliphatic carbocycles. The lowest BCUT2D eigenvalue weighted by molar-refractivity contribution is -0.541. The van der Waals surface area contributed by atoms with Gasteiger partial charge in [0.25, 0.3) is 11.7 Å². The van der Waals surface area contributed by atoms with Gasteiger partial charge in [-0.25, -0.2) is 0 Å². The molecule has 1 aromatic carbocycles. The van der Waals surface area contributed by atoms with E-state index in [0.29, 0.717) is 13.0 Å². The van der Waals surface area contributed by atoms with E-state index in [2.05, 4.69) is 0 Å². The van der Waals surface area contributed by atoms with E-state index in [1.54, 1.807) is 0 Å². The van der Waals surface area contributed by atoms with Gasteiger partial charge in [-0.05, 0) is 37.0 Å². The van der Waals surface area contributed by atoms with Crippen molar-refractivity contribution in [1.82, 2.24) is 0 Å². The molecule has 1 fully saturated rings.